The summed E-state index contributed by atoms with van der Waals surface area (Å²) in [5, 5.41) is 7.24. The van der Waals surface area contributed by atoms with E-state index in [1.165, 1.54) is 24.9 Å². The number of hydrogen-bond acceptors (Lipinski definition) is 5. The molecule has 0 aliphatic rings. The third-order valence-electron chi connectivity index (χ3n) is 6.16. The molecule has 0 amide bonds. The summed E-state index contributed by atoms with van der Waals surface area (Å²) in [6.45, 7) is 0. The van der Waals surface area contributed by atoms with Crippen LogP contribution < -0.4 is 5.32 Å². The van der Waals surface area contributed by atoms with Crippen LogP contribution in [0.3, 0.4) is 0 Å². The zero-order chi connectivity index (χ0) is 23.2. The van der Waals surface area contributed by atoms with Gasteiger partial charge < -0.3 is 5.32 Å². The van der Waals surface area contributed by atoms with Crippen LogP contribution in [0.5, 0.6) is 0 Å². The van der Waals surface area contributed by atoms with Crippen molar-refractivity contribution in [2.24, 2.45) is 0 Å². The second kappa shape index (κ2) is 8.31. The van der Waals surface area contributed by atoms with Crippen molar-refractivity contribution in [3.05, 3.63) is 109 Å². The largest absolute Gasteiger partial charge is 0.355 e. The summed E-state index contributed by atoms with van der Waals surface area (Å²) >= 11 is 3.56. The number of nitrogens with one attached hydrogen (secondary N) is 1. The molecule has 0 unspecified atom stereocenters. The van der Waals surface area contributed by atoms with E-state index in [4.69, 9.17) is 4.98 Å². The van der Waals surface area contributed by atoms with E-state index in [0.717, 1.165) is 38.6 Å². The van der Waals surface area contributed by atoms with E-state index in [1.807, 2.05) is 23.6 Å². The summed E-state index contributed by atoms with van der Waals surface area (Å²) < 4.78 is 3.80. The number of anilines is 2. The maximum atomic E-state index is 4.95. The van der Waals surface area contributed by atoms with Crippen LogP contribution in [0.25, 0.3) is 52.1 Å². The third kappa shape index (κ3) is 3.75. The van der Waals surface area contributed by atoms with Gasteiger partial charge in [0, 0.05) is 55.1 Å². The minimum atomic E-state index is 1.01. The zero-order valence-corrected chi connectivity index (χ0v) is 20.2. The van der Waals surface area contributed by atoms with Crippen molar-refractivity contribution in [1.82, 2.24) is 9.97 Å². The molecule has 4 aromatic carbocycles. The molecule has 0 saturated carbocycles. The maximum Gasteiger partial charge on any atom is 0.124 e. The highest BCUT2D eigenvalue weighted by Crippen LogP contribution is 2.37. The molecule has 1 N–H and O–H groups in total. The molecule has 0 atom stereocenters. The van der Waals surface area contributed by atoms with Gasteiger partial charge in [-0.15, -0.1) is 22.7 Å². The Morgan fingerprint density at radius 3 is 2.40 bits per heavy atom. The SMILES string of the molecule is c1cncc(-c2ccc3sc(-c4cccc(Nc5ccc6c(c5)sc5ccccc56)c4)nc3c2)c1. The number of hydrogen-bond donors (Lipinski definition) is 1. The van der Waals surface area contributed by atoms with Crippen molar-refractivity contribution in [3.63, 3.8) is 0 Å². The van der Waals surface area contributed by atoms with Crippen molar-refractivity contribution < 1.29 is 0 Å². The summed E-state index contributed by atoms with van der Waals surface area (Å²) in [5.74, 6) is 0. The quantitative estimate of drug-likeness (QED) is 0.270. The van der Waals surface area contributed by atoms with Gasteiger partial charge in [-0.1, -0.05) is 48.5 Å². The fraction of sp³-hybridized carbons (Fsp3) is 0. The molecule has 0 aliphatic heterocycles. The van der Waals surface area contributed by atoms with Crippen LogP contribution in [-0.2, 0) is 0 Å². The number of rotatable bonds is 4. The van der Waals surface area contributed by atoms with Crippen molar-refractivity contribution >= 4 is 64.4 Å². The highest BCUT2D eigenvalue weighted by Gasteiger charge is 2.10. The average molecular weight is 486 g/mol. The molecule has 3 nitrogen and oxygen atoms in total. The zero-order valence-electron chi connectivity index (χ0n) is 18.6. The van der Waals surface area contributed by atoms with E-state index in [0.29, 0.717) is 0 Å². The number of thiophene rings is 1. The van der Waals surface area contributed by atoms with Crippen LogP contribution in [-0.4, -0.2) is 9.97 Å². The Hall–Kier alpha value is -4.06. The van der Waals surface area contributed by atoms with Crippen molar-refractivity contribution in [1.29, 1.82) is 0 Å². The van der Waals surface area contributed by atoms with E-state index < -0.39 is 0 Å². The highest BCUT2D eigenvalue weighted by molar-refractivity contribution is 7.25. The summed E-state index contributed by atoms with van der Waals surface area (Å²) in [4.78, 5) is 9.20. The summed E-state index contributed by atoms with van der Waals surface area (Å²) in [7, 11) is 0. The average Bonchev–Trinajstić information content (AvgIpc) is 3.50. The van der Waals surface area contributed by atoms with Gasteiger partial charge in [-0.2, -0.15) is 0 Å². The van der Waals surface area contributed by atoms with Gasteiger partial charge in [0.25, 0.3) is 0 Å². The van der Waals surface area contributed by atoms with Gasteiger partial charge in [0.1, 0.15) is 5.01 Å². The van der Waals surface area contributed by atoms with Gasteiger partial charge in [0.15, 0.2) is 0 Å². The third-order valence-corrected chi connectivity index (χ3v) is 8.38. The molecule has 7 rings (SSSR count). The van der Waals surface area contributed by atoms with Crippen LogP contribution in [0.2, 0.25) is 0 Å². The Morgan fingerprint density at radius 2 is 1.46 bits per heavy atom. The van der Waals surface area contributed by atoms with E-state index in [2.05, 4.69) is 101 Å². The molecule has 3 aromatic heterocycles. The standard InChI is InChI=1S/C30H19N3S2/c1-2-9-27-24(8-1)25-12-11-23(17-29(25)34-27)32-22-7-3-5-20(15-22)30-33-26-16-19(10-13-28(26)35-30)21-6-4-14-31-18-21/h1-18,32H. The van der Waals surface area contributed by atoms with Gasteiger partial charge in [-0.25, -0.2) is 4.98 Å². The predicted octanol–water partition coefficient (Wildman–Crippen LogP) is 9.14. The second-order valence-electron chi connectivity index (χ2n) is 8.46. The van der Waals surface area contributed by atoms with Crippen LogP contribution in [0.4, 0.5) is 11.4 Å². The lowest BCUT2D eigenvalue weighted by Crippen LogP contribution is -1.90. The number of pyridine rings is 1. The van der Waals surface area contributed by atoms with Crippen molar-refractivity contribution in [2.45, 2.75) is 0 Å². The van der Waals surface area contributed by atoms with Gasteiger partial charge in [-0.3, -0.25) is 4.98 Å². The lowest BCUT2D eigenvalue weighted by atomic mass is 10.1. The Kier molecular flexibility index (Phi) is 4.82. The normalized spacial score (nSPS) is 11.4. The molecule has 0 saturated heterocycles. The van der Waals surface area contributed by atoms with Gasteiger partial charge in [-0.05, 0) is 54.1 Å². The summed E-state index contributed by atoms with van der Waals surface area (Å²) in [5.41, 5.74) is 6.51. The van der Waals surface area contributed by atoms with Crippen LogP contribution in [0.1, 0.15) is 0 Å². The number of thiazole rings is 1. The van der Waals surface area contributed by atoms with E-state index in [9.17, 15) is 0 Å². The summed E-state index contributed by atoms with van der Waals surface area (Å²) in [6, 6.07) is 34.2. The number of fused-ring (bicyclic) bond motifs is 4. The first-order valence-electron chi connectivity index (χ1n) is 11.4. The summed E-state index contributed by atoms with van der Waals surface area (Å²) in [6.07, 6.45) is 3.68. The Bertz CT molecular complexity index is 1830. The molecule has 7 aromatic rings. The smallest absolute Gasteiger partial charge is 0.124 e. The number of aromatic nitrogens is 2. The van der Waals surface area contributed by atoms with Gasteiger partial charge >= 0.3 is 0 Å². The molecule has 166 valence electrons. The van der Waals surface area contributed by atoms with Crippen molar-refractivity contribution in [2.75, 3.05) is 5.32 Å². The van der Waals surface area contributed by atoms with Gasteiger partial charge in [0.05, 0.1) is 10.2 Å². The fourth-order valence-electron chi connectivity index (χ4n) is 4.46. The first kappa shape index (κ1) is 20.3. The lowest BCUT2D eigenvalue weighted by Gasteiger charge is -2.08. The fourth-order valence-corrected chi connectivity index (χ4v) is 6.55. The monoisotopic (exact) mass is 485 g/mol. The first-order valence-corrected chi connectivity index (χ1v) is 13.0. The van der Waals surface area contributed by atoms with E-state index >= 15 is 0 Å². The maximum absolute atomic E-state index is 4.95. The predicted molar refractivity (Wildman–Crippen MR) is 151 cm³/mol. The molecule has 5 heteroatoms. The Morgan fingerprint density at radius 1 is 0.571 bits per heavy atom. The highest BCUT2D eigenvalue weighted by atomic mass is 32.1. The topological polar surface area (TPSA) is 37.8 Å². The molecule has 0 radical (unpaired) electrons. The van der Waals surface area contributed by atoms with E-state index in [1.54, 1.807) is 17.5 Å². The molecule has 35 heavy (non-hydrogen) atoms. The number of nitrogens with zero attached hydrogens (tertiary/aromatic N) is 2. The molecular formula is C30H19N3S2. The number of benzene rings is 4. The van der Waals surface area contributed by atoms with Crippen LogP contribution in [0, 0.1) is 0 Å². The van der Waals surface area contributed by atoms with Crippen molar-refractivity contribution in [3.8, 4) is 21.7 Å². The first-order chi connectivity index (χ1) is 17.3. The lowest BCUT2D eigenvalue weighted by molar-refractivity contribution is 1.33. The molecule has 0 spiro atoms. The van der Waals surface area contributed by atoms with Crippen LogP contribution in [0.15, 0.2) is 109 Å². The molecule has 0 aliphatic carbocycles. The van der Waals surface area contributed by atoms with Crippen LogP contribution >= 0.6 is 22.7 Å². The Labute approximate surface area is 210 Å². The minimum Gasteiger partial charge on any atom is -0.355 e. The minimum absolute atomic E-state index is 1.01. The van der Waals surface area contributed by atoms with Gasteiger partial charge in [0.2, 0.25) is 0 Å². The second-order valence-corrected chi connectivity index (χ2v) is 10.6. The van der Waals surface area contributed by atoms with E-state index in [-0.39, 0.29) is 0 Å². The molecular weight excluding hydrogens is 466 g/mol. The molecule has 0 bridgehead atoms. The molecule has 3 heterocycles. The molecule has 0 fully saturated rings. The Balaban J connectivity index is 1.20.